The molecule has 32 heavy (non-hydrogen) atoms. The van der Waals surface area contributed by atoms with Gasteiger partial charge in [0.15, 0.2) is 0 Å². The Morgan fingerprint density at radius 1 is 1.28 bits per heavy atom. The Kier molecular flexibility index (Phi) is 5.82. The molecule has 1 fully saturated rings. The van der Waals surface area contributed by atoms with Crippen LogP contribution in [0.4, 0.5) is 18.9 Å². The van der Waals surface area contributed by atoms with E-state index in [0.29, 0.717) is 15.9 Å². The molecule has 2 atom stereocenters. The van der Waals surface area contributed by atoms with E-state index in [1.54, 1.807) is 18.2 Å². The van der Waals surface area contributed by atoms with Crippen molar-refractivity contribution in [1.29, 1.82) is 0 Å². The third-order valence-electron chi connectivity index (χ3n) is 5.25. The van der Waals surface area contributed by atoms with Crippen molar-refractivity contribution in [3.8, 4) is 0 Å². The SMILES string of the molecule is CN1CCC[C@H]1C(=O)Nc1ccc2nc(C(C(N)=O)c3nccc(C(F)(F)F)n3)sc2c1. The van der Waals surface area contributed by atoms with E-state index in [9.17, 15) is 22.8 Å². The number of rotatable bonds is 5. The quantitative estimate of drug-likeness (QED) is 0.600. The molecule has 1 aliphatic heterocycles. The molecule has 8 nitrogen and oxygen atoms in total. The van der Waals surface area contributed by atoms with Gasteiger partial charge >= 0.3 is 6.18 Å². The summed E-state index contributed by atoms with van der Waals surface area (Å²) in [5, 5.41) is 3.05. The molecule has 2 aromatic heterocycles. The second kappa shape index (κ2) is 8.43. The molecule has 3 N–H and O–H groups in total. The van der Waals surface area contributed by atoms with Crippen molar-refractivity contribution in [2.75, 3.05) is 18.9 Å². The molecular weight excluding hydrogens is 445 g/mol. The first-order chi connectivity index (χ1) is 15.1. The number of amides is 2. The summed E-state index contributed by atoms with van der Waals surface area (Å²) in [6.45, 7) is 0.863. The van der Waals surface area contributed by atoms with Crippen LogP contribution in [0.15, 0.2) is 30.5 Å². The van der Waals surface area contributed by atoms with E-state index in [4.69, 9.17) is 5.73 Å². The smallest absolute Gasteiger partial charge is 0.369 e. The molecule has 0 saturated carbocycles. The minimum absolute atomic E-state index is 0.110. The number of thiazole rings is 1. The Hall–Kier alpha value is -3.12. The standard InChI is InChI=1S/C20H19F3N6O2S/c1-29-8-2-3-12(29)18(31)26-10-4-5-11-13(9-10)32-19(27-11)15(16(24)30)17-25-7-6-14(28-17)20(21,22)23/h4-7,9,12,15H,2-3,8H2,1H3,(H2,24,30)(H,26,31)/t12-,15?/m0/s1. The number of likely N-dealkylation sites (tertiary alicyclic amines) is 1. The fraction of sp³-hybridized carbons (Fsp3) is 0.350. The number of fused-ring (bicyclic) bond motifs is 1. The van der Waals surface area contributed by atoms with Crippen LogP contribution in [0.2, 0.25) is 0 Å². The second-order valence-electron chi connectivity index (χ2n) is 7.50. The highest BCUT2D eigenvalue weighted by molar-refractivity contribution is 7.18. The molecule has 4 rings (SSSR count). The largest absolute Gasteiger partial charge is 0.433 e. The van der Waals surface area contributed by atoms with Crippen molar-refractivity contribution in [2.24, 2.45) is 5.73 Å². The van der Waals surface area contributed by atoms with Gasteiger partial charge in [-0.05, 0) is 50.7 Å². The van der Waals surface area contributed by atoms with Crippen LogP contribution >= 0.6 is 11.3 Å². The summed E-state index contributed by atoms with van der Waals surface area (Å²) in [6, 6.07) is 5.57. The highest BCUT2D eigenvalue weighted by atomic mass is 32.1. The van der Waals surface area contributed by atoms with Gasteiger partial charge in [0.1, 0.15) is 22.4 Å². The average molecular weight is 464 g/mol. The number of nitrogens with two attached hydrogens (primary N) is 1. The number of anilines is 1. The zero-order valence-corrected chi connectivity index (χ0v) is 17.7. The van der Waals surface area contributed by atoms with Crippen LogP contribution in [-0.4, -0.2) is 51.3 Å². The number of carbonyl (C=O) groups is 2. The lowest BCUT2D eigenvalue weighted by molar-refractivity contribution is -0.141. The number of hydrogen-bond acceptors (Lipinski definition) is 7. The molecule has 0 spiro atoms. The van der Waals surface area contributed by atoms with E-state index in [-0.39, 0.29) is 22.8 Å². The number of halogens is 3. The van der Waals surface area contributed by atoms with Crippen molar-refractivity contribution in [3.05, 3.63) is 47.0 Å². The number of hydrogen-bond donors (Lipinski definition) is 2. The molecule has 1 aromatic carbocycles. The molecule has 1 aliphatic rings. The normalized spacial score (nSPS) is 18.1. The summed E-state index contributed by atoms with van der Waals surface area (Å²) in [5.74, 6) is -2.73. The molecule has 0 aliphatic carbocycles. The molecule has 0 radical (unpaired) electrons. The first kappa shape index (κ1) is 22.1. The van der Waals surface area contributed by atoms with Gasteiger partial charge in [-0.2, -0.15) is 13.2 Å². The monoisotopic (exact) mass is 464 g/mol. The van der Waals surface area contributed by atoms with Crippen LogP contribution in [0.5, 0.6) is 0 Å². The minimum atomic E-state index is -4.69. The summed E-state index contributed by atoms with van der Waals surface area (Å²) in [7, 11) is 1.90. The number of nitrogens with one attached hydrogen (secondary N) is 1. The highest BCUT2D eigenvalue weighted by Crippen LogP contribution is 2.34. The number of alkyl halides is 3. The average Bonchev–Trinajstić information content (AvgIpc) is 3.33. The maximum atomic E-state index is 13.0. The van der Waals surface area contributed by atoms with E-state index in [0.717, 1.165) is 43.0 Å². The molecule has 3 heterocycles. The predicted molar refractivity (Wildman–Crippen MR) is 112 cm³/mol. The molecule has 1 unspecified atom stereocenters. The molecule has 168 valence electrons. The van der Waals surface area contributed by atoms with E-state index < -0.39 is 23.7 Å². The number of likely N-dealkylation sites (N-methyl/N-ethyl adjacent to an activating group) is 1. The molecule has 1 saturated heterocycles. The van der Waals surface area contributed by atoms with Gasteiger partial charge in [-0.25, -0.2) is 15.0 Å². The third kappa shape index (κ3) is 4.41. The Morgan fingerprint density at radius 2 is 2.06 bits per heavy atom. The summed E-state index contributed by atoms with van der Waals surface area (Å²) in [6.07, 6.45) is -2.01. The Morgan fingerprint density at radius 3 is 2.72 bits per heavy atom. The lowest BCUT2D eigenvalue weighted by Gasteiger charge is -2.18. The maximum Gasteiger partial charge on any atom is 0.433 e. The van der Waals surface area contributed by atoms with Crippen LogP contribution in [0.1, 0.15) is 35.3 Å². The fourth-order valence-electron chi connectivity index (χ4n) is 3.64. The fourth-order valence-corrected chi connectivity index (χ4v) is 4.75. The minimum Gasteiger partial charge on any atom is -0.369 e. The van der Waals surface area contributed by atoms with Crippen molar-refractivity contribution in [2.45, 2.75) is 31.0 Å². The second-order valence-corrected chi connectivity index (χ2v) is 8.56. The van der Waals surface area contributed by atoms with Crippen molar-refractivity contribution in [1.82, 2.24) is 19.9 Å². The van der Waals surface area contributed by atoms with Gasteiger partial charge in [0, 0.05) is 11.9 Å². The van der Waals surface area contributed by atoms with E-state index in [1.165, 1.54) is 0 Å². The Bertz CT molecular complexity index is 1180. The zero-order valence-electron chi connectivity index (χ0n) is 16.9. The number of primary amides is 1. The topological polar surface area (TPSA) is 114 Å². The van der Waals surface area contributed by atoms with Crippen LogP contribution in [-0.2, 0) is 15.8 Å². The van der Waals surface area contributed by atoms with Gasteiger partial charge in [0.25, 0.3) is 0 Å². The van der Waals surface area contributed by atoms with Gasteiger partial charge in [-0.3, -0.25) is 14.5 Å². The lowest BCUT2D eigenvalue weighted by Crippen LogP contribution is -2.37. The number of nitrogens with zero attached hydrogens (tertiary/aromatic N) is 4. The van der Waals surface area contributed by atoms with Gasteiger partial charge in [0.2, 0.25) is 11.8 Å². The van der Waals surface area contributed by atoms with E-state index in [2.05, 4.69) is 20.3 Å². The summed E-state index contributed by atoms with van der Waals surface area (Å²) in [4.78, 5) is 38.3. The van der Waals surface area contributed by atoms with Crippen molar-refractivity contribution in [3.63, 3.8) is 0 Å². The van der Waals surface area contributed by atoms with Crippen molar-refractivity contribution < 1.29 is 22.8 Å². The first-order valence-electron chi connectivity index (χ1n) is 9.74. The number of carbonyl (C=O) groups excluding carboxylic acids is 2. The summed E-state index contributed by atoms with van der Waals surface area (Å²) in [5.41, 5.74) is 5.37. The van der Waals surface area contributed by atoms with Crippen LogP contribution in [0, 0.1) is 0 Å². The van der Waals surface area contributed by atoms with E-state index >= 15 is 0 Å². The van der Waals surface area contributed by atoms with Crippen LogP contribution in [0.3, 0.4) is 0 Å². The van der Waals surface area contributed by atoms with Crippen LogP contribution < -0.4 is 11.1 Å². The molecule has 0 bridgehead atoms. The van der Waals surface area contributed by atoms with Gasteiger partial charge in [-0.15, -0.1) is 11.3 Å². The Balaban J connectivity index is 1.63. The van der Waals surface area contributed by atoms with Gasteiger partial charge < -0.3 is 11.1 Å². The predicted octanol–water partition coefficient (Wildman–Crippen LogP) is 2.75. The van der Waals surface area contributed by atoms with E-state index in [1.807, 2.05) is 11.9 Å². The summed E-state index contributed by atoms with van der Waals surface area (Å²) < 4.78 is 39.7. The van der Waals surface area contributed by atoms with Gasteiger partial charge in [-0.1, -0.05) is 0 Å². The molecule has 2 amide bonds. The molecule has 3 aromatic rings. The number of aromatic nitrogens is 3. The molecule has 12 heteroatoms. The third-order valence-corrected chi connectivity index (χ3v) is 6.33. The van der Waals surface area contributed by atoms with Crippen LogP contribution in [0.25, 0.3) is 10.2 Å². The zero-order chi connectivity index (χ0) is 23.0. The lowest BCUT2D eigenvalue weighted by atomic mass is 10.1. The molecular formula is C20H19F3N6O2S. The van der Waals surface area contributed by atoms with Crippen molar-refractivity contribution >= 4 is 39.1 Å². The first-order valence-corrected chi connectivity index (χ1v) is 10.6. The Labute approximate surface area is 184 Å². The number of benzene rings is 1. The maximum absolute atomic E-state index is 13.0. The highest BCUT2D eigenvalue weighted by Gasteiger charge is 2.35. The summed E-state index contributed by atoms with van der Waals surface area (Å²) >= 11 is 1.08. The van der Waals surface area contributed by atoms with Gasteiger partial charge in [0.05, 0.1) is 16.3 Å².